The lowest BCUT2D eigenvalue weighted by molar-refractivity contribution is -0.115. The zero-order valence-electron chi connectivity index (χ0n) is 14.4. The maximum absolute atomic E-state index is 13.5. The lowest BCUT2D eigenvalue weighted by atomic mass is 10.2. The van der Waals surface area contributed by atoms with Crippen LogP contribution in [0.4, 0.5) is 20.2 Å². The van der Waals surface area contributed by atoms with Gasteiger partial charge in [0, 0.05) is 24.7 Å². The average Bonchev–Trinajstić information content (AvgIpc) is 2.66. The molecule has 0 fully saturated rings. The Balaban J connectivity index is 1.46. The summed E-state index contributed by atoms with van der Waals surface area (Å²) in [6.07, 6.45) is 0.138. The molecule has 0 aromatic heterocycles. The van der Waals surface area contributed by atoms with E-state index in [-0.39, 0.29) is 24.6 Å². The van der Waals surface area contributed by atoms with Crippen LogP contribution in [-0.4, -0.2) is 12.5 Å². The fraction of sp³-hybridized carbons (Fsp3) is 0.0952. The Morgan fingerprint density at radius 1 is 0.889 bits per heavy atom. The van der Waals surface area contributed by atoms with Gasteiger partial charge in [0.15, 0.2) is 0 Å². The van der Waals surface area contributed by atoms with Gasteiger partial charge in [0.2, 0.25) is 5.91 Å². The van der Waals surface area contributed by atoms with Gasteiger partial charge in [-0.25, -0.2) is 8.78 Å². The van der Waals surface area contributed by atoms with E-state index in [1.165, 1.54) is 6.07 Å². The lowest BCUT2D eigenvalue weighted by Gasteiger charge is -2.09. The van der Waals surface area contributed by atoms with Gasteiger partial charge in [-0.15, -0.1) is 0 Å². The first-order chi connectivity index (χ1) is 13.1. The average molecular weight is 368 g/mol. The molecule has 0 heterocycles. The number of ether oxygens (including phenoxy) is 1. The zero-order chi connectivity index (χ0) is 19.1. The number of hydrogen-bond acceptors (Lipinski definition) is 3. The molecular formula is C21H18F2N2O2. The maximum Gasteiger partial charge on any atom is 0.226 e. The number of rotatable bonds is 7. The smallest absolute Gasteiger partial charge is 0.226 e. The number of para-hydroxylation sites is 1. The predicted octanol–water partition coefficient (Wildman–Crippen LogP) is 5.20. The van der Waals surface area contributed by atoms with Crippen molar-refractivity contribution in [3.63, 3.8) is 0 Å². The topological polar surface area (TPSA) is 50.4 Å². The van der Waals surface area contributed by atoms with Crippen LogP contribution in [0, 0.1) is 11.6 Å². The highest BCUT2D eigenvalue weighted by atomic mass is 19.1. The van der Waals surface area contributed by atoms with Gasteiger partial charge in [-0.05, 0) is 48.5 Å². The summed E-state index contributed by atoms with van der Waals surface area (Å²) in [7, 11) is 0. The Bertz CT molecular complexity index is 900. The van der Waals surface area contributed by atoms with Crippen molar-refractivity contribution in [1.29, 1.82) is 0 Å². The molecule has 0 radical (unpaired) electrons. The molecule has 4 nitrogen and oxygen atoms in total. The molecule has 27 heavy (non-hydrogen) atoms. The predicted molar refractivity (Wildman–Crippen MR) is 101 cm³/mol. The third-order valence-electron chi connectivity index (χ3n) is 3.72. The molecule has 138 valence electrons. The first-order valence-electron chi connectivity index (χ1n) is 8.42. The quantitative estimate of drug-likeness (QED) is 0.603. The molecule has 0 saturated heterocycles. The molecule has 3 aromatic carbocycles. The number of halogens is 2. The van der Waals surface area contributed by atoms with Crippen LogP contribution in [0.2, 0.25) is 0 Å². The lowest BCUT2D eigenvalue weighted by Crippen LogP contribution is -2.16. The maximum atomic E-state index is 13.5. The van der Waals surface area contributed by atoms with Gasteiger partial charge in [0.25, 0.3) is 0 Å². The van der Waals surface area contributed by atoms with Gasteiger partial charge in [0.1, 0.15) is 23.1 Å². The molecule has 0 bridgehead atoms. The first kappa shape index (κ1) is 18.4. The van der Waals surface area contributed by atoms with Crippen LogP contribution in [0.5, 0.6) is 11.5 Å². The van der Waals surface area contributed by atoms with Crippen LogP contribution >= 0.6 is 0 Å². The number of amides is 1. The highest BCUT2D eigenvalue weighted by Gasteiger charge is 2.06. The minimum atomic E-state index is -0.690. The number of hydrogen-bond donors (Lipinski definition) is 2. The van der Waals surface area contributed by atoms with Gasteiger partial charge < -0.3 is 15.4 Å². The van der Waals surface area contributed by atoms with Crippen LogP contribution in [0.1, 0.15) is 6.42 Å². The molecule has 0 unspecified atom stereocenters. The molecule has 0 aliphatic carbocycles. The molecule has 0 saturated carbocycles. The first-order valence-corrected chi connectivity index (χ1v) is 8.42. The highest BCUT2D eigenvalue weighted by molar-refractivity contribution is 5.91. The SMILES string of the molecule is O=C(CCNc1ccc(F)cc1F)Nc1ccc(Oc2ccccc2)cc1. The molecule has 3 rings (SSSR count). The molecule has 0 spiro atoms. The number of carbonyl (C=O) groups is 1. The van der Waals surface area contributed by atoms with Crippen molar-refractivity contribution in [1.82, 2.24) is 0 Å². The Labute approximate surface area is 155 Å². The van der Waals surface area contributed by atoms with E-state index in [0.29, 0.717) is 11.4 Å². The van der Waals surface area contributed by atoms with E-state index >= 15 is 0 Å². The summed E-state index contributed by atoms with van der Waals surface area (Å²) in [5, 5.41) is 5.53. The minimum Gasteiger partial charge on any atom is -0.457 e. The largest absolute Gasteiger partial charge is 0.457 e. The van der Waals surface area contributed by atoms with Crippen LogP contribution in [0.3, 0.4) is 0 Å². The second kappa shape index (κ2) is 8.80. The van der Waals surface area contributed by atoms with Crippen molar-refractivity contribution < 1.29 is 18.3 Å². The number of anilines is 2. The fourth-order valence-electron chi connectivity index (χ4n) is 2.40. The Hall–Kier alpha value is -3.41. The third kappa shape index (κ3) is 5.54. The second-order valence-corrected chi connectivity index (χ2v) is 5.79. The Morgan fingerprint density at radius 2 is 1.59 bits per heavy atom. The molecule has 0 aliphatic heterocycles. The molecule has 0 aliphatic rings. The zero-order valence-corrected chi connectivity index (χ0v) is 14.4. The van der Waals surface area contributed by atoms with E-state index in [0.717, 1.165) is 17.9 Å². The normalized spacial score (nSPS) is 10.3. The number of benzene rings is 3. The van der Waals surface area contributed by atoms with E-state index in [9.17, 15) is 13.6 Å². The van der Waals surface area contributed by atoms with Gasteiger partial charge >= 0.3 is 0 Å². The Morgan fingerprint density at radius 3 is 2.30 bits per heavy atom. The minimum absolute atomic E-state index is 0.138. The summed E-state index contributed by atoms with van der Waals surface area (Å²) < 4.78 is 32.0. The van der Waals surface area contributed by atoms with Crippen molar-refractivity contribution in [3.8, 4) is 11.5 Å². The third-order valence-corrected chi connectivity index (χ3v) is 3.72. The highest BCUT2D eigenvalue weighted by Crippen LogP contribution is 2.22. The van der Waals surface area contributed by atoms with Crippen LogP contribution in [0.15, 0.2) is 72.8 Å². The molecular weight excluding hydrogens is 350 g/mol. The van der Waals surface area contributed by atoms with Crippen molar-refractivity contribution in [3.05, 3.63) is 84.4 Å². The summed E-state index contributed by atoms with van der Waals surface area (Å²) in [5.74, 6) is -0.164. The van der Waals surface area contributed by atoms with Gasteiger partial charge in [-0.2, -0.15) is 0 Å². The number of nitrogens with one attached hydrogen (secondary N) is 2. The fourth-order valence-corrected chi connectivity index (χ4v) is 2.40. The van der Waals surface area contributed by atoms with Crippen LogP contribution in [0.25, 0.3) is 0 Å². The van der Waals surface area contributed by atoms with Crippen molar-refractivity contribution in [2.75, 3.05) is 17.2 Å². The van der Waals surface area contributed by atoms with Gasteiger partial charge in [-0.1, -0.05) is 18.2 Å². The van der Waals surface area contributed by atoms with E-state index in [1.807, 2.05) is 30.3 Å². The number of carbonyl (C=O) groups excluding carboxylic acids is 1. The molecule has 6 heteroatoms. The summed E-state index contributed by atoms with van der Waals surface area (Å²) >= 11 is 0. The molecule has 2 N–H and O–H groups in total. The Kier molecular flexibility index (Phi) is 5.99. The van der Waals surface area contributed by atoms with E-state index in [2.05, 4.69) is 10.6 Å². The summed E-state index contributed by atoms with van der Waals surface area (Å²) in [5.41, 5.74) is 0.792. The summed E-state index contributed by atoms with van der Waals surface area (Å²) in [6.45, 7) is 0.226. The molecule has 0 atom stereocenters. The van der Waals surface area contributed by atoms with Crippen molar-refractivity contribution in [2.24, 2.45) is 0 Å². The summed E-state index contributed by atoms with van der Waals surface area (Å²) in [6, 6.07) is 19.6. The van der Waals surface area contributed by atoms with E-state index < -0.39 is 11.6 Å². The van der Waals surface area contributed by atoms with Crippen molar-refractivity contribution in [2.45, 2.75) is 6.42 Å². The summed E-state index contributed by atoms with van der Waals surface area (Å²) in [4.78, 5) is 12.0. The van der Waals surface area contributed by atoms with E-state index in [1.54, 1.807) is 24.3 Å². The van der Waals surface area contributed by atoms with Crippen molar-refractivity contribution >= 4 is 17.3 Å². The second-order valence-electron chi connectivity index (χ2n) is 5.79. The standard InChI is InChI=1S/C21H18F2N2O2/c22-15-6-11-20(19(23)14-15)24-13-12-21(26)25-16-7-9-18(10-8-16)27-17-4-2-1-3-5-17/h1-11,14,24H,12-13H2,(H,25,26). The van der Waals surface area contributed by atoms with Crippen LogP contribution < -0.4 is 15.4 Å². The van der Waals surface area contributed by atoms with Crippen LogP contribution in [-0.2, 0) is 4.79 Å². The molecule has 1 amide bonds. The van der Waals surface area contributed by atoms with Gasteiger partial charge in [-0.3, -0.25) is 4.79 Å². The molecule has 3 aromatic rings. The van der Waals surface area contributed by atoms with E-state index in [4.69, 9.17) is 4.74 Å². The monoisotopic (exact) mass is 368 g/mol. The van der Waals surface area contributed by atoms with Gasteiger partial charge in [0.05, 0.1) is 5.69 Å².